The zero-order chi connectivity index (χ0) is 13.0. The lowest BCUT2D eigenvalue weighted by Gasteiger charge is -2.35. The standard InChI is InChI=1S/C15H28N2S/c1-4-15(3)10-11-18-14(17-15)16-13-7-5-6-12(2)8-9-13/h12-13H,4-11H2,1-3H3,(H,16,17). The number of hydrogen-bond donors (Lipinski definition) is 1. The molecule has 18 heavy (non-hydrogen) atoms. The third-order valence-corrected chi connectivity index (χ3v) is 5.50. The van der Waals surface area contributed by atoms with E-state index in [1.54, 1.807) is 0 Å². The summed E-state index contributed by atoms with van der Waals surface area (Å²) < 4.78 is 0. The molecule has 0 bridgehead atoms. The fourth-order valence-electron chi connectivity index (χ4n) is 2.83. The molecule has 3 heteroatoms. The van der Waals surface area contributed by atoms with Gasteiger partial charge in [0.1, 0.15) is 0 Å². The Hall–Kier alpha value is -0.180. The summed E-state index contributed by atoms with van der Waals surface area (Å²) in [7, 11) is 0. The molecule has 2 aliphatic rings. The molecule has 3 unspecified atom stereocenters. The highest BCUT2D eigenvalue weighted by molar-refractivity contribution is 8.13. The Bertz CT molecular complexity index is 303. The first-order chi connectivity index (χ1) is 8.61. The molecule has 0 aromatic heterocycles. The van der Waals surface area contributed by atoms with Crippen molar-refractivity contribution in [3.63, 3.8) is 0 Å². The van der Waals surface area contributed by atoms with Crippen LogP contribution in [0.4, 0.5) is 0 Å². The summed E-state index contributed by atoms with van der Waals surface area (Å²) in [5, 5.41) is 4.88. The molecule has 0 radical (unpaired) electrons. The number of hydrogen-bond acceptors (Lipinski definition) is 2. The van der Waals surface area contributed by atoms with Gasteiger partial charge in [0.25, 0.3) is 0 Å². The van der Waals surface area contributed by atoms with Crippen LogP contribution in [0.25, 0.3) is 0 Å². The van der Waals surface area contributed by atoms with Gasteiger partial charge in [-0.25, -0.2) is 0 Å². The van der Waals surface area contributed by atoms with E-state index in [9.17, 15) is 0 Å². The summed E-state index contributed by atoms with van der Waals surface area (Å²) in [5.74, 6) is 2.13. The van der Waals surface area contributed by atoms with Gasteiger partial charge in [-0.1, -0.05) is 38.5 Å². The molecule has 1 saturated heterocycles. The maximum atomic E-state index is 5.00. The molecular weight excluding hydrogens is 240 g/mol. The summed E-state index contributed by atoms with van der Waals surface area (Å²) in [6.45, 7) is 6.99. The predicted molar refractivity (Wildman–Crippen MR) is 82.4 cm³/mol. The van der Waals surface area contributed by atoms with Crippen LogP contribution < -0.4 is 5.32 Å². The van der Waals surface area contributed by atoms with E-state index in [1.165, 1.54) is 55.9 Å². The number of thioether (sulfide) groups is 1. The van der Waals surface area contributed by atoms with E-state index >= 15 is 0 Å². The number of nitrogens with one attached hydrogen (secondary N) is 1. The van der Waals surface area contributed by atoms with E-state index in [0.29, 0.717) is 6.04 Å². The monoisotopic (exact) mass is 268 g/mol. The summed E-state index contributed by atoms with van der Waals surface area (Å²) in [6.07, 6.45) is 9.14. The zero-order valence-electron chi connectivity index (χ0n) is 12.2. The maximum Gasteiger partial charge on any atom is 0.157 e. The quantitative estimate of drug-likeness (QED) is 0.759. The van der Waals surface area contributed by atoms with Crippen LogP contribution in [0.3, 0.4) is 0 Å². The molecule has 1 saturated carbocycles. The first kappa shape index (κ1) is 14.2. The summed E-state index contributed by atoms with van der Waals surface area (Å²) in [6, 6.07) is 0.573. The lowest BCUT2D eigenvalue weighted by Crippen LogP contribution is -2.48. The van der Waals surface area contributed by atoms with Crippen LogP contribution in [0.2, 0.25) is 0 Å². The van der Waals surface area contributed by atoms with E-state index in [0.717, 1.165) is 5.92 Å². The molecule has 0 aromatic rings. The third-order valence-electron chi connectivity index (χ3n) is 4.61. The van der Waals surface area contributed by atoms with Gasteiger partial charge in [-0.15, -0.1) is 0 Å². The number of aliphatic imine (C=N–C) groups is 1. The van der Waals surface area contributed by atoms with Gasteiger partial charge in [0, 0.05) is 11.3 Å². The van der Waals surface area contributed by atoms with Gasteiger partial charge >= 0.3 is 0 Å². The van der Waals surface area contributed by atoms with Gasteiger partial charge < -0.3 is 5.32 Å². The summed E-state index contributed by atoms with van der Waals surface area (Å²) in [5.41, 5.74) is 0.280. The van der Waals surface area contributed by atoms with Crippen molar-refractivity contribution >= 4 is 16.9 Å². The second kappa shape index (κ2) is 6.31. The van der Waals surface area contributed by atoms with Crippen LogP contribution in [-0.4, -0.2) is 22.5 Å². The van der Waals surface area contributed by atoms with Crippen LogP contribution in [0.5, 0.6) is 0 Å². The maximum absolute atomic E-state index is 5.00. The molecule has 0 amide bonds. The summed E-state index contributed by atoms with van der Waals surface area (Å²) in [4.78, 5) is 5.00. The zero-order valence-corrected chi connectivity index (χ0v) is 13.0. The average molecular weight is 268 g/mol. The fourth-order valence-corrected chi connectivity index (χ4v) is 4.11. The van der Waals surface area contributed by atoms with Gasteiger partial charge in [-0.05, 0) is 44.9 Å². The van der Waals surface area contributed by atoms with Crippen LogP contribution in [-0.2, 0) is 0 Å². The van der Waals surface area contributed by atoms with Crippen molar-refractivity contribution in [3.8, 4) is 0 Å². The Balaban J connectivity index is 1.95. The lowest BCUT2D eigenvalue weighted by atomic mass is 9.96. The van der Waals surface area contributed by atoms with Crippen LogP contribution in [0, 0.1) is 5.92 Å². The lowest BCUT2D eigenvalue weighted by molar-refractivity contribution is 0.388. The summed E-state index contributed by atoms with van der Waals surface area (Å²) >= 11 is 1.92. The Morgan fingerprint density at radius 2 is 2.17 bits per heavy atom. The predicted octanol–water partition coefficient (Wildman–Crippen LogP) is 4.21. The second-order valence-electron chi connectivity index (χ2n) is 6.34. The molecule has 2 fully saturated rings. The highest BCUT2D eigenvalue weighted by Gasteiger charge is 2.28. The third kappa shape index (κ3) is 3.91. The van der Waals surface area contributed by atoms with Crippen molar-refractivity contribution in [1.82, 2.24) is 5.32 Å². The molecule has 0 aromatic carbocycles. The highest BCUT2D eigenvalue weighted by atomic mass is 32.2. The average Bonchev–Trinajstić information content (AvgIpc) is 2.55. The van der Waals surface area contributed by atoms with Crippen molar-refractivity contribution in [2.45, 2.75) is 77.3 Å². The highest BCUT2D eigenvalue weighted by Crippen LogP contribution is 2.28. The minimum Gasteiger partial charge on any atom is -0.360 e. The number of nitrogens with zero attached hydrogens (tertiary/aromatic N) is 1. The Morgan fingerprint density at radius 3 is 2.94 bits per heavy atom. The molecule has 1 heterocycles. The van der Waals surface area contributed by atoms with Gasteiger partial charge in [-0.3, -0.25) is 4.99 Å². The molecule has 1 aliphatic heterocycles. The molecule has 1 aliphatic carbocycles. The largest absolute Gasteiger partial charge is 0.360 e. The number of rotatable bonds is 2. The van der Waals surface area contributed by atoms with E-state index in [4.69, 9.17) is 4.99 Å². The topological polar surface area (TPSA) is 24.4 Å². The Labute approximate surface area is 116 Å². The van der Waals surface area contributed by atoms with E-state index in [-0.39, 0.29) is 5.54 Å². The SMILES string of the molecule is CCC1(C)CCSC(=NC2CCCC(C)CC2)N1. The first-order valence-electron chi connectivity index (χ1n) is 7.60. The van der Waals surface area contributed by atoms with E-state index in [1.807, 2.05) is 11.8 Å². The molecule has 0 spiro atoms. The van der Waals surface area contributed by atoms with Crippen LogP contribution >= 0.6 is 11.8 Å². The van der Waals surface area contributed by atoms with Gasteiger partial charge in [0.15, 0.2) is 5.17 Å². The second-order valence-corrected chi connectivity index (χ2v) is 7.42. The molecular formula is C15H28N2S. The van der Waals surface area contributed by atoms with Crippen molar-refractivity contribution in [2.24, 2.45) is 10.9 Å². The molecule has 2 nitrogen and oxygen atoms in total. The number of amidine groups is 1. The normalized spacial score (nSPS) is 40.3. The minimum atomic E-state index is 0.280. The fraction of sp³-hybridized carbons (Fsp3) is 0.933. The Morgan fingerprint density at radius 1 is 1.33 bits per heavy atom. The molecule has 1 N–H and O–H groups in total. The smallest absolute Gasteiger partial charge is 0.157 e. The van der Waals surface area contributed by atoms with Gasteiger partial charge in [0.2, 0.25) is 0 Å². The Kier molecular flexibility index (Phi) is 4.99. The van der Waals surface area contributed by atoms with Crippen molar-refractivity contribution in [1.29, 1.82) is 0 Å². The molecule has 3 atom stereocenters. The van der Waals surface area contributed by atoms with Crippen LogP contribution in [0.1, 0.15) is 65.7 Å². The van der Waals surface area contributed by atoms with Gasteiger partial charge in [0.05, 0.1) is 6.04 Å². The van der Waals surface area contributed by atoms with E-state index < -0.39 is 0 Å². The minimum absolute atomic E-state index is 0.280. The van der Waals surface area contributed by atoms with Crippen molar-refractivity contribution in [2.75, 3.05) is 5.75 Å². The molecule has 2 rings (SSSR count). The van der Waals surface area contributed by atoms with E-state index in [2.05, 4.69) is 26.1 Å². The van der Waals surface area contributed by atoms with Gasteiger partial charge in [-0.2, -0.15) is 0 Å². The van der Waals surface area contributed by atoms with Crippen molar-refractivity contribution < 1.29 is 0 Å². The molecule has 104 valence electrons. The van der Waals surface area contributed by atoms with Crippen LogP contribution in [0.15, 0.2) is 4.99 Å². The van der Waals surface area contributed by atoms with Crippen molar-refractivity contribution in [3.05, 3.63) is 0 Å². The first-order valence-corrected chi connectivity index (χ1v) is 8.58.